The molecule has 0 bridgehead atoms. The van der Waals surface area contributed by atoms with Gasteiger partial charge >= 0.3 is 0 Å². The van der Waals surface area contributed by atoms with E-state index in [0.29, 0.717) is 0 Å². The van der Waals surface area contributed by atoms with Crippen LogP contribution in [-0.2, 0) is 5.41 Å². The zero-order valence-electron chi connectivity index (χ0n) is 26.1. The third kappa shape index (κ3) is 3.58. The Morgan fingerprint density at radius 3 is 1.87 bits per heavy atom. The highest BCUT2D eigenvalue weighted by atomic mass is 15.1. The summed E-state index contributed by atoms with van der Waals surface area (Å²) < 4.78 is 2.33. The quantitative estimate of drug-likeness (QED) is 0.201. The molecule has 222 valence electrons. The maximum absolute atomic E-state index is 4.52. The molecule has 1 aliphatic carbocycles. The van der Waals surface area contributed by atoms with Crippen LogP contribution in [-0.4, -0.2) is 14.4 Å². The van der Waals surface area contributed by atoms with Crippen molar-refractivity contribution in [2.24, 2.45) is 0 Å². The summed E-state index contributed by atoms with van der Waals surface area (Å²) in [5, 5.41) is 4.80. The van der Waals surface area contributed by atoms with E-state index in [1.54, 1.807) is 0 Å². The van der Waals surface area contributed by atoms with Gasteiger partial charge < -0.3 is 9.30 Å². The minimum absolute atomic E-state index is 0.114. The molecule has 0 N–H and O–H groups in total. The SMILES string of the molecule is CC1(C)c2ccccc2-c2ccc(N(c3cc4c5ccncc5n5c6cnccc6c(c3)c45)c3ccccc3-c3ccccc3)cc21. The molecular formula is C43H30N4. The fourth-order valence-electron chi connectivity index (χ4n) is 8.14. The molecular weight excluding hydrogens is 573 g/mol. The zero-order chi connectivity index (χ0) is 31.3. The molecule has 10 rings (SSSR count). The molecule has 9 aromatic rings. The van der Waals surface area contributed by atoms with Crippen molar-refractivity contribution in [3.63, 3.8) is 0 Å². The second-order valence-electron chi connectivity index (χ2n) is 13.1. The van der Waals surface area contributed by atoms with Crippen LogP contribution in [0.15, 0.2) is 146 Å². The van der Waals surface area contributed by atoms with E-state index in [1.807, 2.05) is 24.8 Å². The van der Waals surface area contributed by atoms with E-state index in [9.17, 15) is 0 Å². The summed E-state index contributed by atoms with van der Waals surface area (Å²) >= 11 is 0. The van der Waals surface area contributed by atoms with E-state index < -0.39 is 0 Å². The van der Waals surface area contributed by atoms with Crippen LogP contribution in [0.25, 0.3) is 60.3 Å². The van der Waals surface area contributed by atoms with Gasteiger partial charge in [-0.25, -0.2) is 0 Å². The summed E-state index contributed by atoms with van der Waals surface area (Å²) in [7, 11) is 0. The Kier molecular flexibility index (Phi) is 5.31. The smallest absolute Gasteiger partial charge is 0.0725 e. The lowest BCUT2D eigenvalue weighted by atomic mass is 9.82. The summed E-state index contributed by atoms with van der Waals surface area (Å²) in [6.07, 6.45) is 7.74. The van der Waals surface area contributed by atoms with E-state index in [0.717, 1.165) is 28.1 Å². The van der Waals surface area contributed by atoms with Crippen LogP contribution in [0.4, 0.5) is 17.1 Å². The van der Waals surface area contributed by atoms with Gasteiger partial charge in [0.05, 0.1) is 34.6 Å². The Bertz CT molecular complexity index is 2580. The molecule has 4 nitrogen and oxygen atoms in total. The van der Waals surface area contributed by atoms with Crippen LogP contribution in [0, 0.1) is 0 Å². The van der Waals surface area contributed by atoms with Crippen LogP contribution in [0.5, 0.6) is 0 Å². The predicted molar refractivity (Wildman–Crippen MR) is 194 cm³/mol. The van der Waals surface area contributed by atoms with Crippen LogP contribution in [0.2, 0.25) is 0 Å². The minimum Gasteiger partial charge on any atom is -0.310 e. The topological polar surface area (TPSA) is 33.4 Å². The van der Waals surface area contributed by atoms with Crippen molar-refractivity contribution in [3.8, 4) is 22.3 Å². The van der Waals surface area contributed by atoms with E-state index in [-0.39, 0.29) is 5.41 Å². The van der Waals surface area contributed by atoms with Gasteiger partial charge in [0, 0.05) is 56.3 Å². The van der Waals surface area contributed by atoms with E-state index in [1.165, 1.54) is 60.4 Å². The first-order valence-electron chi connectivity index (χ1n) is 16.2. The first-order chi connectivity index (χ1) is 23.1. The van der Waals surface area contributed by atoms with Crippen LogP contribution >= 0.6 is 0 Å². The zero-order valence-corrected chi connectivity index (χ0v) is 26.1. The van der Waals surface area contributed by atoms with Gasteiger partial charge in [-0.2, -0.15) is 0 Å². The molecule has 0 atom stereocenters. The van der Waals surface area contributed by atoms with Gasteiger partial charge in [-0.3, -0.25) is 9.97 Å². The normalized spacial score (nSPS) is 13.5. The van der Waals surface area contributed by atoms with Gasteiger partial charge in [-0.05, 0) is 70.3 Å². The molecule has 1 aliphatic rings. The molecule has 47 heavy (non-hydrogen) atoms. The van der Waals surface area contributed by atoms with Gasteiger partial charge in [0.25, 0.3) is 0 Å². The molecule has 0 unspecified atom stereocenters. The van der Waals surface area contributed by atoms with Crippen molar-refractivity contribution in [2.75, 3.05) is 4.90 Å². The summed E-state index contributed by atoms with van der Waals surface area (Å²) in [4.78, 5) is 11.5. The molecule has 4 heteroatoms. The van der Waals surface area contributed by atoms with Crippen molar-refractivity contribution in [3.05, 3.63) is 157 Å². The second kappa shape index (κ2) is 9.51. The lowest BCUT2D eigenvalue weighted by Crippen LogP contribution is -2.16. The van der Waals surface area contributed by atoms with Gasteiger partial charge in [-0.15, -0.1) is 0 Å². The van der Waals surface area contributed by atoms with E-state index in [4.69, 9.17) is 0 Å². The molecule has 0 amide bonds. The first kappa shape index (κ1) is 26.2. The Hall–Kier alpha value is -6.00. The molecule has 0 fully saturated rings. The number of rotatable bonds is 4. The highest BCUT2D eigenvalue weighted by Crippen LogP contribution is 2.52. The maximum atomic E-state index is 4.52. The monoisotopic (exact) mass is 602 g/mol. The predicted octanol–water partition coefficient (Wildman–Crippen LogP) is 11.1. The molecule has 0 saturated carbocycles. The van der Waals surface area contributed by atoms with Gasteiger partial charge in [0.2, 0.25) is 0 Å². The highest BCUT2D eigenvalue weighted by molar-refractivity contribution is 6.24. The minimum atomic E-state index is -0.114. The second-order valence-corrected chi connectivity index (χ2v) is 13.1. The largest absolute Gasteiger partial charge is 0.310 e. The number of anilines is 3. The summed E-state index contributed by atoms with van der Waals surface area (Å²) in [6.45, 7) is 4.70. The molecule has 0 spiro atoms. The van der Waals surface area contributed by atoms with Gasteiger partial charge in [0.15, 0.2) is 0 Å². The molecule has 4 aromatic heterocycles. The Morgan fingerprint density at radius 2 is 1.15 bits per heavy atom. The van der Waals surface area contributed by atoms with Crippen LogP contribution < -0.4 is 4.90 Å². The van der Waals surface area contributed by atoms with Crippen molar-refractivity contribution in [2.45, 2.75) is 19.3 Å². The standard InChI is InChI=1S/C43H30N4/c1-43(2)37-14-8-6-13-31(37)32-17-16-28(24-38(32)43)46(39-15-9-7-12-30(39)27-10-4-3-5-11-27)29-22-35-33-18-20-44-25-40(33)47-41-26-45-21-19-34(41)36(23-29)42(35)47/h3-26H,1-2H3. The lowest BCUT2D eigenvalue weighted by molar-refractivity contribution is 0.660. The van der Waals surface area contributed by atoms with Gasteiger partial charge in [-0.1, -0.05) is 92.7 Å². The third-order valence-electron chi connectivity index (χ3n) is 10.3. The molecule has 0 aliphatic heterocycles. The Labute approximate surface area is 272 Å². The van der Waals surface area contributed by atoms with E-state index in [2.05, 4.69) is 154 Å². The number of fused-ring (bicyclic) bond motifs is 9. The van der Waals surface area contributed by atoms with Crippen molar-refractivity contribution >= 4 is 55.2 Å². The maximum Gasteiger partial charge on any atom is 0.0725 e. The summed E-state index contributed by atoms with van der Waals surface area (Å²) in [5.41, 5.74) is 14.4. The third-order valence-corrected chi connectivity index (χ3v) is 10.3. The number of hydrogen-bond acceptors (Lipinski definition) is 3. The molecule has 4 heterocycles. The van der Waals surface area contributed by atoms with Crippen LogP contribution in [0.3, 0.4) is 0 Å². The van der Waals surface area contributed by atoms with Gasteiger partial charge in [0.1, 0.15) is 0 Å². The fraction of sp³-hybridized carbons (Fsp3) is 0.0698. The fourth-order valence-corrected chi connectivity index (χ4v) is 8.14. The molecule has 0 saturated heterocycles. The first-order valence-corrected chi connectivity index (χ1v) is 16.2. The Balaban J connectivity index is 1.30. The van der Waals surface area contributed by atoms with Crippen molar-refractivity contribution in [1.29, 1.82) is 0 Å². The van der Waals surface area contributed by atoms with Crippen molar-refractivity contribution < 1.29 is 0 Å². The molecule has 0 radical (unpaired) electrons. The number of aromatic nitrogens is 3. The summed E-state index contributed by atoms with van der Waals surface area (Å²) in [6, 6.07) is 44.4. The number of hydrogen-bond donors (Lipinski definition) is 0. The Morgan fingerprint density at radius 1 is 0.532 bits per heavy atom. The molecule has 5 aromatic carbocycles. The number of para-hydroxylation sites is 1. The number of pyridine rings is 2. The highest BCUT2D eigenvalue weighted by Gasteiger charge is 2.36. The average molecular weight is 603 g/mol. The van der Waals surface area contributed by atoms with Crippen molar-refractivity contribution in [1.82, 2.24) is 14.4 Å². The summed E-state index contributed by atoms with van der Waals surface area (Å²) in [5.74, 6) is 0. The van der Waals surface area contributed by atoms with Crippen LogP contribution in [0.1, 0.15) is 25.0 Å². The average Bonchev–Trinajstić information content (AvgIpc) is 3.72. The van der Waals surface area contributed by atoms with E-state index >= 15 is 0 Å². The lowest BCUT2D eigenvalue weighted by Gasteiger charge is -2.30. The number of benzene rings is 5. The number of nitrogens with zero attached hydrogens (tertiary/aromatic N) is 4.